The highest BCUT2D eigenvalue weighted by molar-refractivity contribution is 5.55. The van der Waals surface area contributed by atoms with E-state index in [1.807, 2.05) is 32.0 Å². The zero-order valence-corrected chi connectivity index (χ0v) is 11.9. The summed E-state index contributed by atoms with van der Waals surface area (Å²) in [4.78, 5) is 0. The first-order valence-corrected chi connectivity index (χ1v) is 6.30. The number of methoxy groups -OCH3 is 2. The number of hydrogen-bond acceptors (Lipinski definition) is 5. The maximum absolute atomic E-state index is 5.61. The van der Waals surface area contributed by atoms with Crippen LogP contribution in [0.3, 0.4) is 0 Å². The fraction of sp³-hybridized carbons (Fsp3) is 0.571. The van der Waals surface area contributed by atoms with Gasteiger partial charge in [0.05, 0.1) is 33.5 Å². The lowest BCUT2D eigenvalue weighted by molar-refractivity contribution is -0.247. The molecule has 0 aromatic heterocycles. The van der Waals surface area contributed by atoms with Gasteiger partial charge < -0.3 is 24.3 Å². The van der Waals surface area contributed by atoms with E-state index in [0.717, 1.165) is 5.69 Å². The van der Waals surface area contributed by atoms with Crippen LogP contribution in [0.15, 0.2) is 18.2 Å². The molecule has 1 aromatic rings. The minimum Gasteiger partial charge on any atom is -0.493 e. The summed E-state index contributed by atoms with van der Waals surface area (Å²) >= 11 is 0. The standard InChI is InChI=1S/C14H21NO4/c1-14(2)18-8-11(9-19-14)15-10-5-6-12(16-3)13(7-10)17-4/h5-7,11,15H,8-9H2,1-4H3. The van der Waals surface area contributed by atoms with Gasteiger partial charge in [0.2, 0.25) is 0 Å². The van der Waals surface area contributed by atoms with Crippen molar-refractivity contribution in [3.8, 4) is 11.5 Å². The number of hydrogen-bond donors (Lipinski definition) is 1. The van der Waals surface area contributed by atoms with Gasteiger partial charge in [0.1, 0.15) is 0 Å². The molecular weight excluding hydrogens is 246 g/mol. The maximum Gasteiger partial charge on any atom is 0.162 e. The highest BCUT2D eigenvalue weighted by Gasteiger charge is 2.28. The van der Waals surface area contributed by atoms with Crippen LogP contribution in [-0.2, 0) is 9.47 Å². The summed E-state index contributed by atoms with van der Waals surface area (Å²) in [6.45, 7) is 5.06. The predicted octanol–water partition coefficient (Wildman–Crippen LogP) is 2.27. The fourth-order valence-corrected chi connectivity index (χ4v) is 1.94. The maximum atomic E-state index is 5.61. The van der Waals surface area contributed by atoms with Gasteiger partial charge in [-0.25, -0.2) is 0 Å². The average molecular weight is 267 g/mol. The third kappa shape index (κ3) is 3.52. The van der Waals surface area contributed by atoms with E-state index in [-0.39, 0.29) is 6.04 Å². The lowest BCUT2D eigenvalue weighted by Crippen LogP contribution is -2.45. The molecule has 0 radical (unpaired) electrons. The van der Waals surface area contributed by atoms with Crippen molar-refractivity contribution in [3.05, 3.63) is 18.2 Å². The van der Waals surface area contributed by atoms with Gasteiger partial charge in [-0.3, -0.25) is 0 Å². The normalized spacial score (nSPS) is 18.9. The predicted molar refractivity (Wildman–Crippen MR) is 72.9 cm³/mol. The van der Waals surface area contributed by atoms with Crippen molar-refractivity contribution in [1.82, 2.24) is 0 Å². The van der Waals surface area contributed by atoms with Crippen molar-refractivity contribution < 1.29 is 18.9 Å². The molecule has 106 valence electrons. The van der Waals surface area contributed by atoms with Gasteiger partial charge in [-0.2, -0.15) is 0 Å². The first kappa shape index (κ1) is 14.0. The van der Waals surface area contributed by atoms with Crippen LogP contribution in [0.2, 0.25) is 0 Å². The fourth-order valence-electron chi connectivity index (χ4n) is 1.94. The second-order valence-corrected chi connectivity index (χ2v) is 4.93. The van der Waals surface area contributed by atoms with E-state index in [4.69, 9.17) is 18.9 Å². The quantitative estimate of drug-likeness (QED) is 0.907. The van der Waals surface area contributed by atoms with Gasteiger partial charge in [0, 0.05) is 11.8 Å². The first-order valence-electron chi connectivity index (χ1n) is 6.30. The third-order valence-electron chi connectivity index (χ3n) is 3.02. The van der Waals surface area contributed by atoms with Gasteiger partial charge >= 0.3 is 0 Å². The zero-order chi connectivity index (χ0) is 13.9. The Bertz CT molecular complexity index is 423. The highest BCUT2D eigenvalue weighted by Crippen LogP contribution is 2.30. The van der Waals surface area contributed by atoms with Crippen LogP contribution >= 0.6 is 0 Å². The number of benzene rings is 1. The van der Waals surface area contributed by atoms with E-state index >= 15 is 0 Å². The smallest absolute Gasteiger partial charge is 0.162 e. The van der Waals surface area contributed by atoms with E-state index in [2.05, 4.69) is 5.32 Å². The Morgan fingerprint density at radius 2 is 1.74 bits per heavy atom. The molecule has 1 saturated heterocycles. The van der Waals surface area contributed by atoms with Crippen LogP contribution in [0.5, 0.6) is 11.5 Å². The lowest BCUT2D eigenvalue weighted by Gasteiger charge is -2.35. The van der Waals surface area contributed by atoms with E-state index in [1.54, 1.807) is 14.2 Å². The van der Waals surface area contributed by atoms with Gasteiger partial charge in [-0.1, -0.05) is 0 Å². The molecule has 1 fully saturated rings. The summed E-state index contributed by atoms with van der Waals surface area (Å²) in [6.07, 6.45) is 0. The monoisotopic (exact) mass is 267 g/mol. The van der Waals surface area contributed by atoms with Crippen LogP contribution in [-0.4, -0.2) is 39.3 Å². The molecular formula is C14H21NO4. The largest absolute Gasteiger partial charge is 0.493 e. The molecule has 5 heteroatoms. The summed E-state index contributed by atoms with van der Waals surface area (Å²) in [5.74, 6) is 0.922. The van der Waals surface area contributed by atoms with Gasteiger partial charge in [0.25, 0.3) is 0 Å². The van der Waals surface area contributed by atoms with Gasteiger partial charge in [0.15, 0.2) is 17.3 Å². The molecule has 0 atom stereocenters. The van der Waals surface area contributed by atoms with Crippen molar-refractivity contribution in [1.29, 1.82) is 0 Å². The van der Waals surface area contributed by atoms with Crippen LogP contribution in [0, 0.1) is 0 Å². The topological polar surface area (TPSA) is 49.0 Å². The van der Waals surface area contributed by atoms with E-state index in [1.165, 1.54) is 0 Å². The molecule has 0 amide bonds. The molecule has 1 aromatic carbocycles. The van der Waals surface area contributed by atoms with Crippen LogP contribution in [0.4, 0.5) is 5.69 Å². The Morgan fingerprint density at radius 3 is 2.32 bits per heavy atom. The number of rotatable bonds is 4. The molecule has 0 unspecified atom stereocenters. The molecule has 2 rings (SSSR count). The SMILES string of the molecule is COc1ccc(NC2COC(C)(C)OC2)cc1OC. The van der Waals surface area contributed by atoms with Crippen molar-refractivity contribution in [2.45, 2.75) is 25.7 Å². The molecule has 5 nitrogen and oxygen atoms in total. The molecule has 0 bridgehead atoms. The third-order valence-corrected chi connectivity index (χ3v) is 3.02. The Hall–Kier alpha value is -1.46. The van der Waals surface area contributed by atoms with Crippen molar-refractivity contribution in [2.75, 3.05) is 32.8 Å². The molecule has 1 aliphatic heterocycles. The molecule has 0 spiro atoms. The number of anilines is 1. The zero-order valence-electron chi connectivity index (χ0n) is 11.9. The van der Waals surface area contributed by atoms with Crippen molar-refractivity contribution in [3.63, 3.8) is 0 Å². The molecule has 1 aliphatic rings. The first-order chi connectivity index (χ1) is 9.04. The van der Waals surface area contributed by atoms with Crippen LogP contribution < -0.4 is 14.8 Å². The molecule has 1 N–H and O–H groups in total. The van der Waals surface area contributed by atoms with Crippen LogP contribution in [0.25, 0.3) is 0 Å². The minimum absolute atomic E-state index is 0.131. The van der Waals surface area contributed by atoms with Crippen LogP contribution in [0.1, 0.15) is 13.8 Å². The van der Waals surface area contributed by atoms with Crippen molar-refractivity contribution in [2.24, 2.45) is 0 Å². The number of nitrogens with one attached hydrogen (secondary N) is 1. The summed E-state index contributed by atoms with van der Waals surface area (Å²) in [5.41, 5.74) is 0.953. The molecule has 0 saturated carbocycles. The molecule has 1 heterocycles. The van der Waals surface area contributed by atoms with Gasteiger partial charge in [-0.05, 0) is 26.0 Å². The lowest BCUT2D eigenvalue weighted by atomic mass is 10.2. The minimum atomic E-state index is -0.490. The second-order valence-electron chi connectivity index (χ2n) is 4.93. The highest BCUT2D eigenvalue weighted by atomic mass is 16.7. The summed E-state index contributed by atoms with van der Waals surface area (Å²) < 4.78 is 21.7. The van der Waals surface area contributed by atoms with E-state index in [9.17, 15) is 0 Å². The Labute approximate surface area is 113 Å². The summed E-state index contributed by atoms with van der Waals surface area (Å²) in [6, 6.07) is 5.85. The summed E-state index contributed by atoms with van der Waals surface area (Å²) in [5, 5.41) is 3.36. The van der Waals surface area contributed by atoms with Crippen molar-refractivity contribution >= 4 is 5.69 Å². The number of ether oxygens (including phenoxy) is 4. The van der Waals surface area contributed by atoms with E-state index < -0.39 is 5.79 Å². The Balaban J connectivity index is 2.00. The summed E-state index contributed by atoms with van der Waals surface area (Å²) in [7, 11) is 3.24. The van der Waals surface area contributed by atoms with E-state index in [0.29, 0.717) is 24.7 Å². The second kappa shape index (κ2) is 5.67. The average Bonchev–Trinajstić information content (AvgIpc) is 2.41. The molecule has 19 heavy (non-hydrogen) atoms. The van der Waals surface area contributed by atoms with Gasteiger partial charge in [-0.15, -0.1) is 0 Å². The molecule has 0 aliphatic carbocycles. The Kier molecular flexibility index (Phi) is 4.17. The Morgan fingerprint density at radius 1 is 1.11 bits per heavy atom.